The third-order valence-electron chi connectivity index (χ3n) is 0.508. The van der Waals surface area contributed by atoms with Crippen molar-refractivity contribution in [2.75, 3.05) is 0 Å². The Morgan fingerprint density at radius 3 is 2.25 bits per heavy atom. The van der Waals surface area contributed by atoms with E-state index in [-0.39, 0.29) is 0 Å². The summed E-state index contributed by atoms with van der Waals surface area (Å²) in [5, 5.41) is 0. The Morgan fingerprint density at radius 1 is 2.00 bits per heavy atom. The Hall–Kier alpha value is 0.130. The van der Waals surface area contributed by atoms with E-state index >= 15 is 0 Å². The molecule has 1 fully saturated rings. The first-order valence-corrected chi connectivity index (χ1v) is 1.48. The summed E-state index contributed by atoms with van der Waals surface area (Å²) in [7, 11) is 7.24. The zero-order chi connectivity index (χ0) is 2.99. The van der Waals surface area contributed by atoms with E-state index in [1.807, 2.05) is 0 Å². The van der Waals surface area contributed by atoms with Crippen molar-refractivity contribution < 1.29 is 0 Å². The second-order valence-corrected chi connectivity index (χ2v) is 1.14. The molecule has 1 aliphatic rings. The molecule has 0 amide bonds. The minimum Gasteiger partial charge on any atom is -0.109 e. The average molecular weight is 48.7 g/mol. The molecular weight excluding hydrogens is 45.6 g/mol. The number of rotatable bonds is 0. The van der Waals surface area contributed by atoms with Crippen LogP contribution in [0.2, 0.25) is 12.0 Å². The van der Waals surface area contributed by atoms with Crippen LogP contribution in [-0.4, -0.2) is 15.1 Å². The lowest BCUT2D eigenvalue weighted by molar-refractivity contribution is 1.56. The van der Waals surface area contributed by atoms with Crippen LogP contribution in [0.3, 0.4) is 0 Å². The molecule has 0 nitrogen and oxygen atoms in total. The van der Waals surface area contributed by atoms with Crippen LogP contribution < -0.4 is 0 Å². The molecule has 0 aromatic heterocycles. The fourth-order valence-corrected chi connectivity index (χ4v) is 0.0786. The molecule has 0 aliphatic carbocycles. The van der Waals surface area contributed by atoms with E-state index in [2.05, 4.69) is 7.28 Å². The fourth-order valence-electron chi connectivity index (χ4n) is 0.0786. The van der Waals surface area contributed by atoms with Gasteiger partial charge in [-0.25, -0.2) is 0 Å². The molecule has 4 heavy (non-hydrogen) atoms. The summed E-state index contributed by atoms with van der Waals surface area (Å²) >= 11 is 0. The molecule has 3 radical (unpaired) electrons. The molecular formula is C2H3B2. The molecule has 0 bridgehead atoms. The van der Waals surface area contributed by atoms with Crippen LogP contribution in [0.4, 0.5) is 0 Å². The number of hydrogen-bond donors (Lipinski definition) is 0. The van der Waals surface area contributed by atoms with Gasteiger partial charge in [-0.05, 0) is 0 Å². The van der Waals surface area contributed by atoms with Crippen LogP contribution in [0.1, 0.15) is 0 Å². The van der Waals surface area contributed by atoms with Gasteiger partial charge in [-0.2, -0.15) is 0 Å². The van der Waals surface area contributed by atoms with E-state index < -0.39 is 0 Å². The third kappa shape index (κ3) is 0.278. The lowest BCUT2D eigenvalue weighted by atomic mass is 9.87. The molecule has 1 aliphatic heterocycles. The van der Waals surface area contributed by atoms with Crippen molar-refractivity contribution in [1.29, 1.82) is 0 Å². The Bertz CT molecular complexity index is 23.2. The molecule has 1 saturated heterocycles. The summed E-state index contributed by atoms with van der Waals surface area (Å²) in [5.74, 6) is 0. The van der Waals surface area contributed by atoms with Crippen LogP contribution >= 0.6 is 0 Å². The summed E-state index contributed by atoms with van der Waals surface area (Å²) in [6.45, 7) is 0. The van der Waals surface area contributed by atoms with Gasteiger partial charge in [-0.3, -0.25) is 0 Å². The highest BCUT2D eigenvalue weighted by Crippen LogP contribution is 2.20. The molecule has 0 N–H and O–H groups in total. The highest BCUT2D eigenvalue weighted by Gasteiger charge is 2.14. The molecule has 0 aromatic carbocycles. The van der Waals surface area contributed by atoms with Gasteiger partial charge < -0.3 is 0 Å². The van der Waals surface area contributed by atoms with Gasteiger partial charge in [-0.1, -0.05) is 6.32 Å². The predicted octanol–water partition coefficient (Wildman–Crippen LogP) is 0.0370. The van der Waals surface area contributed by atoms with Crippen molar-refractivity contribution in [3.8, 4) is 0 Å². The third-order valence-corrected chi connectivity index (χ3v) is 0.508. The standard InChI is InChI=1S/C2H3B2/c3-2-1-4-2/h2H,1H2. The Labute approximate surface area is 28.2 Å². The summed E-state index contributed by atoms with van der Waals surface area (Å²) in [6.07, 6.45) is 1.14. The van der Waals surface area contributed by atoms with E-state index in [1.165, 1.54) is 0 Å². The highest BCUT2D eigenvalue weighted by molar-refractivity contribution is 6.63. The van der Waals surface area contributed by atoms with Crippen LogP contribution in [-0.2, 0) is 0 Å². The molecule has 0 spiro atoms. The molecule has 2 heteroatoms. The van der Waals surface area contributed by atoms with Gasteiger partial charge in [0.15, 0.2) is 0 Å². The monoisotopic (exact) mass is 49.0 g/mol. The normalized spacial score (nSPS) is 37.5. The largest absolute Gasteiger partial charge is 0.109 e. The zero-order valence-electron chi connectivity index (χ0n) is 2.44. The van der Waals surface area contributed by atoms with Crippen molar-refractivity contribution >= 4 is 15.1 Å². The molecule has 1 unspecified atom stereocenters. The van der Waals surface area contributed by atoms with Crippen molar-refractivity contribution in [2.24, 2.45) is 0 Å². The molecule has 1 heterocycles. The van der Waals surface area contributed by atoms with Gasteiger partial charge in [0.2, 0.25) is 0 Å². The van der Waals surface area contributed by atoms with Crippen molar-refractivity contribution in [3.05, 3.63) is 0 Å². The van der Waals surface area contributed by atoms with Crippen LogP contribution in [0, 0.1) is 0 Å². The van der Waals surface area contributed by atoms with Gasteiger partial charge in [0, 0.05) is 0 Å². The lowest BCUT2D eigenvalue weighted by Gasteiger charge is -1.53. The molecule has 1 atom stereocenters. The molecule has 1 rings (SSSR count). The topological polar surface area (TPSA) is 0 Å². The van der Waals surface area contributed by atoms with Gasteiger partial charge in [0.05, 0.1) is 7.85 Å². The Morgan fingerprint density at radius 2 is 2.25 bits per heavy atom. The van der Waals surface area contributed by atoms with Crippen LogP contribution in [0.15, 0.2) is 0 Å². The summed E-state index contributed by atoms with van der Waals surface area (Å²) in [5.41, 5.74) is 0.458. The first-order valence-electron chi connectivity index (χ1n) is 1.48. The number of hydrogen-bond acceptors (Lipinski definition) is 0. The van der Waals surface area contributed by atoms with E-state index in [0.717, 1.165) is 6.32 Å². The molecule has 0 aromatic rings. The van der Waals surface area contributed by atoms with Gasteiger partial charge in [0.25, 0.3) is 0 Å². The smallest absolute Gasteiger partial charge is 0.101 e. The zero-order valence-corrected chi connectivity index (χ0v) is 2.44. The Balaban J connectivity index is 2.17. The summed E-state index contributed by atoms with van der Waals surface area (Å²) in [4.78, 5) is 0. The second kappa shape index (κ2) is 0.540. The van der Waals surface area contributed by atoms with Gasteiger partial charge >= 0.3 is 0 Å². The predicted molar refractivity (Wildman–Crippen MR) is 20.1 cm³/mol. The summed E-state index contributed by atoms with van der Waals surface area (Å²) in [6, 6.07) is 0. The summed E-state index contributed by atoms with van der Waals surface area (Å²) < 4.78 is 0. The highest BCUT2D eigenvalue weighted by atomic mass is 13.8. The van der Waals surface area contributed by atoms with Crippen LogP contribution in [0.25, 0.3) is 0 Å². The van der Waals surface area contributed by atoms with Crippen molar-refractivity contribution in [2.45, 2.75) is 12.0 Å². The second-order valence-electron chi connectivity index (χ2n) is 1.14. The molecule has 17 valence electrons. The van der Waals surface area contributed by atoms with E-state index in [0.29, 0.717) is 5.72 Å². The van der Waals surface area contributed by atoms with Gasteiger partial charge in [-0.15, -0.1) is 5.72 Å². The quantitative estimate of drug-likeness (QED) is 0.339. The first-order chi connectivity index (χ1) is 1.89. The first kappa shape index (κ1) is 2.37. The fraction of sp³-hybridized carbons (Fsp3) is 1.00. The van der Waals surface area contributed by atoms with E-state index in [9.17, 15) is 0 Å². The van der Waals surface area contributed by atoms with Crippen molar-refractivity contribution in [1.82, 2.24) is 0 Å². The minimum absolute atomic E-state index is 0.458. The Kier molecular flexibility index (Phi) is 0.320. The van der Waals surface area contributed by atoms with Crippen LogP contribution in [0.5, 0.6) is 0 Å². The lowest BCUT2D eigenvalue weighted by Crippen LogP contribution is -1.54. The maximum Gasteiger partial charge on any atom is 0.101 e. The maximum absolute atomic E-state index is 5.17. The van der Waals surface area contributed by atoms with E-state index in [4.69, 9.17) is 7.85 Å². The maximum atomic E-state index is 5.17. The average Bonchev–Trinajstić information content (AvgIpc) is 1.75. The van der Waals surface area contributed by atoms with Gasteiger partial charge in [0.1, 0.15) is 7.28 Å². The SMILES string of the molecule is [B]C1[B]C1. The minimum atomic E-state index is 0.458. The van der Waals surface area contributed by atoms with E-state index in [1.54, 1.807) is 0 Å². The molecule has 0 saturated carbocycles. The van der Waals surface area contributed by atoms with Crippen molar-refractivity contribution in [3.63, 3.8) is 0 Å².